The van der Waals surface area contributed by atoms with Gasteiger partial charge >= 0.3 is 0 Å². The molecule has 0 saturated carbocycles. The highest BCUT2D eigenvalue weighted by molar-refractivity contribution is 5.97. The van der Waals surface area contributed by atoms with Crippen LogP contribution in [-0.2, 0) is 19.1 Å². The Morgan fingerprint density at radius 2 is 1.23 bits per heavy atom. The van der Waals surface area contributed by atoms with Crippen molar-refractivity contribution in [2.24, 2.45) is 29.6 Å². The molecule has 184 valence electrons. The smallest absolute Gasteiger partial charge is 0.231 e. The van der Waals surface area contributed by atoms with Crippen molar-refractivity contribution in [2.45, 2.75) is 120 Å². The molecule has 0 spiro atoms. The van der Waals surface area contributed by atoms with Crippen LogP contribution in [0.2, 0.25) is 0 Å². The van der Waals surface area contributed by atoms with E-state index in [1.807, 2.05) is 0 Å². The Morgan fingerprint density at radius 1 is 0.677 bits per heavy atom. The molecule has 6 heteroatoms. The average molecular weight is 443 g/mol. The van der Waals surface area contributed by atoms with E-state index >= 15 is 0 Å². The first kappa shape index (κ1) is 29.9. The molecule has 0 aliphatic carbocycles. The highest BCUT2D eigenvalue weighted by Gasteiger charge is 2.41. The van der Waals surface area contributed by atoms with Crippen molar-refractivity contribution < 1.29 is 19.1 Å². The lowest BCUT2D eigenvalue weighted by molar-refractivity contribution is -0.158. The number of hydrogen-bond acceptors (Lipinski definition) is 4. The van der Waals surface area contributed by atoms with Gasteiger partial charge in [-0.3, -0.25) is 9.59 Å². The summed E-state index contributed by atoms with van der Waals surface area (Å²) in [6.45, 7) is 17.1. The summed E-state index contributed by atoms with van der Waals surface area (Å²) in [7, 11) is 0. The molecule has 6 nitrogen and oxygen atoms in total. The molecule has 0 radical (unpaired) electrons. The van der Waals surface area contributed by atoms with E-state index in [1.54, 1.807) is 0 Å². The first-order valence-electron chi connectivity index (χ1n) is 11.5. The lowest BCUT2D eigenvalue weighted by atomic mass is 9.77. The molecule has 2 amide bonds. The van der Waals surface area contributed by atoms with E-state index in [2.05, 4.69) is 66.0 Å². The lowest BCUT2D eigenvalue weighted by Gasteiger charge is -2.44. The summed E-state index contributed by atoms with van der Waals surface area (Å²) in [5, 5.41) is 6.02. The summed E-state index contributed by atoms with van der Waals surface area (Å²) in [5.74, 6) is 1.22. The van der Waals surface area contributed by atoms with Crippen LogP contribution in [0.5, 0.6) is 0 Å². The second-order valence-electron chi connectivity index (χ2n) is 9.42. The van der Waals surface area contributed by atoms with Crippen molar-refractivity contribution in [1.29, 1.82) is 0 Å². The van der Waals surface area contributed by atoms with Gasteiger partial charge in [0.15, 0.2) is 0 Å². The van der Waals surface area contributed by atoms with Gasteiger partial charge in [-0.2, -0.15) is 0 Å². The van der Waals surface area contributed by atoms with Crippen LogP contribution in [0.25, 0.3) is 0 Å². The van der Waals surface area contributed by atoms with Crippen molar-refractivity contribution in [3.63, 3.8) is 0 Å². The van der Waals surface area contributed by atoms with E-state index < -0.39 is 0 Å². The van der Waals surface area contributed by atoms with Crippen LogP contribution in [0, 0.1) is 29.6 Å². The molecule has 2 aliphatic heterocycles. The Balaban J connectivity index is 0.00000450. The Hall–Kier alpha value is -1.14. The first-order chi connectivity index (χ1) is 13.6. The van der Waals surface area contributed by atoms with Gasteiger partial charge in [0, 0.05) is 5.92 Å². The fourth-order valence-corrected chi connectivity index (χ4v) is 4.91. The van der Waals surface area contributed by atoms with Crippen molar-refractivity contribution in [3.8, 4) is 0 Å². The van der Waals surface area contributed by atoms with E-state index in [9.17, 15) is 9.59 Å². The number of amides is 2. The summed E-state index contributed by atoms with van der Waals surface area (Å²) in [6.07, 6.45) is 1.52. The van der Waals surface area contributed by atoms with Crippen molar-refractivity contribution in [2.75, 3.05) is 0 Å². The Morgan fingerprint density at radius 3 is 1.77 bits per heavy atom. The summed E-state index contributed by atoms with van der Waals surface area (Å²) in [6, 6.07) is -0.0679. The molecule has 2 rings (SSSR count). The molecule has 2 aliphatic rings. The first-order valence-corrected chi connectivity index (χ1v) is 11.5. The minimum atomic E-state index is -0.340. The molecule has 2 saturated heterocycles. The Labute approximate surface area is 191 Å². The molecule has 31 heavy (non-hydrogen) atoms. The molecule has 2 heterocycles. The second-order valence-corrected chi connectivity index (χ2v) is 9.42. The molecule has 0 aromatic carbocycles. The third kappa shape index (κ3) is 6.92. The average Bonchev–Trinajstić information content (AvgIpc) is 2.68. The zero-order chi connectivity index (χ0) is 21.9. The lowest BCUT2D eigenvalue weighted by Crippen LogP contribution is -2.57. The predicted octanol–water partition coefficient (Wildman–Crippen LogP) is 4.76. The van der Waals surface area contributed by atoms with E-state index in [0.29, 0.717) is 23.7 Å². The summed E-state index contributed by atoms with van der Waals surface area (Å²) in [5.41, 5.74) is 0. The van der Waals surface area contributed by atoms with Crippen LogP contribution in [0.3, 0.4) is 0 Å². The number of nitrogens with one attached hydrogen (secondary N) is 2. The molecule has 10 atom stereocenters. The third-order valence-corrected chi connectivity index (χ3v) is 7.73. The van der Waals surface area contributed by atoms with Crippen molar-refractivity contribution in [3.05, 3.63) is 0 Å². The summed E-state index contributed by atoms with van der Waals surface area (Å²) < 4.78 is 12.2. The molecule has 0 aromatic rings. The SMILES string of the molecule is C.C.CCC1OC(NC(=O)CC(=O)NC2C(CC)OC(C)C(C)C2C)C(C)C(C)C1C. The normalized spacial score (nSPS) is 40.1. The molecule has 0 bridgehead atoms. The van der Waals surface area contributed by atoms with Crippen LogP contribution in [0.4, 0.5) is 0 Å². The van der Waals surface area contributed by atoms with Crippen molar-refractivity contribution >= 4 is 11.8 Å². The summed E-state index contributed by atoms with van der Waals surface area (Å²) >= 11 is 0. The predicted molar refractivity (Wildman–Crippen MR) is 128 cm³/mol. The number of ether oxygens (including phenoxy) is 2. The Bertz CT molecular complexity index is 566. The maximum absolute atomic E-state index is 12.6. The molecule has 0 aromatic heterocycles. The third-order valence-electron chi connectivity index (χ3n) is 7.73. The zero-order valence-corrected chi connectivity index (χ0v) is 19.5. The largest absolute Gasteiger partial charge is 0.373 e. The molecular formula is C25H50N2O4. The van der Waals surface area contributed by atoms with Gasteiger partial charge in [-0.25, -0.2) is 0 Å². The van der Waals surface area contributed by atoms with Crippen LogP contribution >= 0.6 is 0 Å². The monoisotopic (exact) mass is 442 g/mol. The highest BCUT2D eigenvalue weighted by atomic mass is 16.5. The standard InChI is InChI=1S/C23H42N2O4.2CH4/c1-9-18-14(5)12(3)16(7)23(29-18)25-21(27)11-20(26)24-22-15(6)13(4)17(8)28-19(22)10-2;;/h12-19,22-23H,9-11H2,1-8H3,(H,24,26)(H,25,27);2*1H4. The van der Waals surface area contributed by atoms with E-state index in [4.69, 9.17) is 9.47 Å². The number of rotatable bonds is 6. The molecule has 2 N–H and O–H groups in total. The van der Waals surface area contributed by atoms with E-state index in [0.717, 1.165) is 12.8 Å². The van der Waals surface area contributed by atoms with Crippen LogP contribution < -0.4 is 10.6 Å². The van der Waals surface area contributed by atoms with Gasteiger partial charge in [0.25, 0.3) is 0 Å². The van der Waals surface area contributed by atoms with E-state index in [-0.39, 0.29) is 69.6 Å². The maximum atomic E-state index is 12.6. The van der Waals surface area contributed by atoms with Gasteiger partial charge < -0.3 is 20.1 Å². The fourth-order valence-electron chi connectivity index (χ4n) is 4.91. The maximum Gasteiger partial charge on any atom is 0.231 e. The van der Waals surface area contributed by atoms with Crippen LogP contribution in [0.15, 0.2) is 0 Å². The fraction of sp³-hybridized carbons (Fsp3) is 0.920. The van der Waals surface area contributed by atoms with Gasteiger partial charge in [0.05, 0.1) is 24.4 Å². The van der Waals surface area contributed by atoms with Gasteiger partial charge in [-0.1, -0.05) is 63.3 Å². The number of carbonyl (C=O) groups excluding carboxylic acids is 2. The van der Waals surface area contributed by atoms with Crippen molar-refractivity contribution in [1.82, 2.24) is 10.6 Å². The molecule has 2 fully saturated rings. The van der Waals surface area contributed by atoms with Gasteiger partial charge in [-0.05, 0) is 43.4 Å². The van der Waals surface area contributed by atoms with Crippen LogP contribution in [-0.4, -0.2) is 42.4 Å². The van der Waals surface area contributed by atoms with Gasteiger partial charge in [-0.15, -0.1) is 0 Å². The molecular weight excluding hydrogens is 392 g/mol. The second kappa shape index (κ2) is 12.8. The number of hydrogen-bond donors (Lipinski definition) is 2. The quantitative estimate of drug-likeness (QED) is 0.581. The van der Waals surface area contributed by atoms with Crippen LogP contribution in [0.1, 0.15) is 89.5 Å². The van der Waals surface area contributed by atoms with Gasteiger partial charge in [0.1, 0.15) is 12.6 Å². The van der Waals surface area contributed by atoms with Gasteiger partial charge in [0.2, 0.25) is 11.8 Å². The highest BCUT2D eigenvalue weighted by Crippen LogP contribution is 2.35. The minimum absolute atomic E-state index is 0. The topological polar surface area (TPSA) is 76.7 Å². The molecule has 10 unspecified atom stereocenters. The summed E-state index contributed by atoms with van der Waals surface area (Å²) in [4.78, 5) is 25.2. The zero-order valence-electron chi connectivity index (χ0n) is 19.5. The minimum Gasteiger partial charge on any atom is -0.373 e. The Kier molecular flexibility index (Phi) is 12.3. The number of carbonyl (C=O) groups is 2. The van der Waals surface area contributed by atoms with E-state index in [1.165, 1.54) is 0 Å².